The molecule has 0 N–H and O–H groups in total. The van der Waals surface area contributed by atoms with Crippen LogP contribution in [0.5, 0.6) is 0 Å². The minimum Gasteiger partial charge on any atom is -0.232 e. The highest BCUT2D eigenvalue weighted by atomic mass is 15.1. The maximum Gasteiger partial charge on any atom is 0.249 e. The highest BCUT2D eigenvalue weighted by Gasteiger charge is 2.13. The van der Waals surface area contributed by atoms with Crippen molar-refractivity contribution < 1.29 is 4.57 Å². The molecule has 0 aliphatic carbocycles. The Hall–Kier alpha value is -2.09. The van der Waals surface area contributed by atoms with Gasteiger partial charge in [-0.1, -0.05) is 29.8 Å². The Morgan fingerprint density at radius 1 is 0.941 bits per heavy atom. The average molecular weight is 223 g/mol. The predicted molar refractivity (Wildman–Crippen MR) is 69.2 cm³/mol. The fraction of sp³-hybridized carbons (Fsp3) is 0.133. The first-order chi connectivity index (χ1) is 8.25. The van der Waals surface area contributed by atoms with E-state index < -0.39 is 0 Å². The summed E-state index contributed by atoms with van der Waals surface area (Å²) in [6.07, 6.45) is 2.12. The van der Waals surface area contributed by atoms with Crippen LogP contribution in [-0.4, -0.2) is 4.57 Å². The van der Waals surface area contributed by atoms with Crippen molar-refractivity contribution in [3.8, 4) is 5.69 Å². The van der Waals surface area contributed by atoms with Crippen molar-refractivity contribution in [1.29, 1.82) is 0 Å². The molecule has 0 bridgehead atoms. The van der Waals surface area contributed by atoms with E-state index in [-0.39, 0.29) is 0 Å². The number of nitrogens with zero attached hydrogens (tertiary/aromatic N) is 2. The third-order valence-corrected chi connectivity index (χ3v) is 3.12. The molecule has 0 aliphatic heterocycles. The molecule has 2 heteroatoms. The Balaban J connectivity index is 2.27. The van der Waals surface area contributed by atoms with Gasteiger partial charge in [-0.3, -0.25) is 0 Å². The van der Waals surface area contributed by atoms with E-state index >= 15 is 0 Å². The fourth-order valence-corrected chi connectivity index (χ4v) is 2.17. The van der Waals surface area contributed by atoms with Gasteiger partial charge in [-0.05, 0) is 31.2 Å². The van der Waals surface area contributed by atoms with Crippen molar-refractivity contribution >= 4 is 11.0 Å². The first-order valence-corrected chi connectivity index (χ1v) is 5.78. The molecule has 3 rings (SSSR count). The predicted octanol–water partition coefficient (Wildman–Crippen LogP) is 2.76. The van der Waals surface area contributed by atoms with Gasteiger partial charge < -0.3 is 0 Å². The van der Waals surface area contributed by atoms with E-state index in [1.54, 1.807) is 0 Å². The molecule has 0 fully saturated rings. The number of aryl methyl sites for hydroxylation is 2. The van der Waals surface area contributed by atoms with E-state index in [1.807, 2.05) is 0 Å². The molecule has 17 heavy (non-hydrogen) atoms. The first kappa shape index (κ1) is 10.1. The van der Waals surface area contributed by atoms with Gasteiger partial charge >= 0.3 is 0 Å². The second-order valence-electron chi connectivity index (χ2n) is 4.42. The molecule has 0 amide bonds. The molecule has 3 aromatic rings. The normalized spacial score (nSPS) is 10.9. The van der Waals surface area contributed by atoms with E-state index in [9.17, 15) is 0 Å². The molecule has 1 heterocycles. The molecular weight excluding hydrogens is 208 g/mol. The third kappa shape index (κ3) is 1.62. The molecule has 2 nitrogen and oxygen atoms in total. The van der Waals surface area contributed by atoms with Crippen LogP contribution in [0, 0.1) is 6.92 Å². The summed E-state index contributed by atoms with van der Waals surface area (Å²) >= 11 is 0. The molecule has 0 spiro atoms. The molecule has 0 radical (unpaired) electrons. The monoisotopic (exact) mass is 223 g/mol. The number of benzene rings is 2. The number of hydrogen-bond donors (Lipinski definition) is 0. The Morgan fingerprint density at radius 2 is 1.65 bits per heavy atom. The zero-order chi connectivity index (χ0) is 11.8. The number of imidazole rings is 1. The number of hydrogen-bond acceptors (Lipinski definition) is 0. The van der Waals surface area contributed by atoms with Crippen LogP contribution in [0.1, 0.15) is 5.56 Å². The summed E-state index contributed by atoms with van der Waals surface area (Å²) in [7, 11) is 2.08. The molecule has 0 saturated carbocycles. The van der Waals surface area contributed by atoms with Gasteiger partial charge in [0, 0.05) is 0 Å². The zero-order valence-electron chi connectivity index (χ0n) is 10.1. The molecule has 0 saturated heterocycles. The van der Waals surface area contributed by atoms with Gasteiger partial charge in [0.25, 0.3) is 0 Å². The van der Waals surface area contributed by atoms with Crippen molar-refractivity contribution in [2.75, 3.05) is 0 Å². The first-order valence-electron chi connectivity index (χ1n) is 5.78. The number of aromatic nitrogens is 2. The van der Waals surface area contributed by atoms with Crippen LogP contribution in [0.25, 0.3) is 16.7 Å². The lowest BCUT2D eigenvalue weighted by Crippen LogP contribution is -2.25. The average Bonchev–Trinajstić information content (AvgIpc) is 2.69. The SMILES string of the molecule is Cc1ccc(-n2c[n+](C)c3ccccc32)cc1. The lowest BCUT2D eigenvalue weighted by atomic mass is 10.2. The summed E-state index contributed by atoms with van der Waals surface area (Å²) in [5.41, 5.74) is 4.97. The Labute approximate surface area is 101 Å². The second kappa shape index (κ2) is 3.74. The number of para-hydroxylation sites is 2. The van der Waals surface area contributed by atoms with Crippen molar-refractivity contribution in [1.82, 2.24) is 4.57 Å². The maximum atomic E-state index is 2.22. The summed E-state index contributed by atoms with van der Waals surface area (Å²) in [4.78, 5) is 0. The molecule has 2 aromatic carbocycles. The van der Waals surface area contributed by atoms with Gasteiger partial charge in [0.15, 0.2) is 11.0 Å². The van der Waals surface area contributed by atoms with Crippen LogP contribution in [0.3, 0.4) is 0 Å². The number of rotatable bonds is 1. The van der Waals surface area contributed by atoms with E-state index in [0.717, 1.165) is 0 Å². The minimum atomic E-state index is 1.20. The highest BCUT2D eigenvalue weighted by Crippen LogP contribution is 2.16. The van der Waals surface area contributed by atoms with Crippen LogP contribution in [-0.2, 0) is 7.05 Å². The molecular formula is C15H15N2+. The van der Waals surface area contributed by atoms with Gasteiger partial charge in [-0.2, -0.15) is 4.57 Å². The molecule has 0 unspecified atom stereocenters. The maximum absolute atomic E-state index is 2.22. The van der Waals surface area contributed by atoms with Crippen LogP contribution < -0.4 is 4.57 Å². The van der Waals surface area contributed by atoms with Gasteiger partial charge in [-0.25, -0.2) is 4.57 Å². The van der Waals surface area contributed by atoms with Crippen molar-refractivity contribution in [3.63, 3.8) is 0 Å². The van der Waals surface area contributed by atoms with Crippen LogP contribution >= 0.6 is 0 Å². The van der Waals surface area contributed by atoms with Crippen LogP contribution in [0.2, 0.25) is 0 Å². The summed E-state index contributed by atoms with van der Waals surface area (Å²) in [6, 6.07) is 17.0. The topological polar surface area (TPSA) is 8.81 Å². The molecule has 0 aliphatic rings. The number of fused-ring (bicyclic) bond motifs is 1. The Bertz CT molecular complexity index is 663. The van der Waals surface area contributed by atoms with E-state index in [2.05, 4.69) is 78.0 Å². The second-order valence-corrected chi connectivity index (χ2v) is 4.42. The Morgan fingerprint density at radius 3 is 2.41 bits per heavy atom. The van der Waals surface area contributed by atoms with E-state index in [4.69, 9.17) is 0 Å². The Kier molecular flexibility index (Phi) is 2.22. The van der Waals surface area contributed by atoms with Gasteiger partial charge in [-0.15, -0.1) is 0 Å². The summed E-state index contributed by atoms with van der Waals surface area (Å²) in [5, 5.41) is 0. The summed E-state index contributed by atoms with van der Waals surface area (Å²) in [6.45, 7) is 2.11. The third-order valence-electron chi connectivity index (χ3n) is 3.12. The zero-order valence-corrected chi connectivity index (χ0v) is 10.1. The molecule has 0 atom stereocenters. The van der Waals surface area contributed by atoms with Crippen molar-refractivity contribution in [2.24, 2.45) is 7.05 Å². The molecule has 1 aromatic heterocycles. The molecule has 84 valence electrons. The highest BCUT2D eigenvalue weighted by molar-refractivity contribution is 5.73. The van der Waals surface area contributed by atoms with Crippen LogP contribution in [0.4, 0.5) is 0 Å². The lowest BCUT2D eigenvalue weighted by Gasteiger charge is -1.97. The van der Waals surface area contributed by atoms with E-state index in [0.29, 0.717) is 0 Å². The smallest absolute Gasteiger partial charge is 0.232 e. The van der Waals surface area contributed by atoms with Gasteiger partial charge in [0.1, 0.15) is 5.69 Å². The summed E-state index contributed by atoms with van der Waals surface area (Å²) < 4.78 is 4.37. The quantitative estimate of drug-likeness (QED) is 0.561. The lowest BCUT2D eigenvalue weighted by molar-refractivity contribution is -0.645. The van der Waals surface area contributed by atoms with Gasteiger partial charge in [0.05, 0.1) is 7.05 Å². The van der Waals surface area contributed by atoms with Crippen LogP contribution in [0.15, 0.2) is 54.9 Å². The van der Waals surface area contributed by atoms with Crippen molar-refractivity contribution in [2.45, 2.75) is 6.92 Å². The van der Waals surface area contributed by atoms with Gasteiger partial charge in [0.2, 0.25) is 6.33 Å². The minimum absolute atomic E-state index is 1.20. The largest absolute Gasteiger partial charge is 0.249 e. The fourth-order valence-electron chi connectivity index (χ4n) is 2.17. The van der Waals surface area contributed by atoms with Crippen molar-refractivity contribution in [3.05, 3.63) is 60.4 Å². The summed E-state index contributed by atoms with van der Waals surface area (Å²) in [5.74, 6) is 0. The van der Waals surface area contributed by atoms with E-state index in [1.165, 1.54) is 22.3 Å². The standard InChI is InChI=1S/C15H15N2/c1-12-7-9-13(10-8-12)17-11-16(2)14-5-3-4-6-15(14)17/h3-11H,1-2H3/q+1.